The number of aromatic nitrogens is 1. The Morgan fingerprint density at radius 3 is 2.90 bits per heavy atom. The van der Waals surface area contributed by atoms with Gasteiger partial charge in [-0.1, -0.05) is 11.6 Å². The molecule has 0 bridgehead atoms. The molecule has 0 amide bonds. The molecule has 10 heavy (non-hydrogen) atoms. The Hall–Kier alpha value is -1.16. The van der Waals surface area contributed by atoms with Crippen molar-refractivity contribution in [2.75, 3.05) is 0 Å². The maximum absolute atomic E-state index is 10.1. The highest BCUT2D eigenvalue weighted by Gasteiger charge is 2.09. The number of nitrogens with zero attached hydrogens (tertiary/aromatic N) is 2. The zero-order valence-corrected chi connectivity index (χ0v) is 5.50. The van der Waals surface area contributed by atoms with E-state index >= 15 is 0 Å². The van der Waals surface area contributed by atoms with Gasteiger partial charge in [-0.3, -0.25) is 15.1 Å². The quantitative estimate of drug-likeness (QED) is 0.458. The zero-order chi connectivity index (χ0) is 7.56. The van der Waals surface area contributed by atoms with Crippen LogP contribution in [0.5, 0.6) is 0 Å². The minimum absolute atomic E-state index is 0.0625. The van der Waals surface area contributed by atoms with Gasteiger partial charge >= 0.3 is 0 Å². The summed E-state index contributed by atoms with van der Waals surface area (Å²) in [5.74, 6) is 0. The van der Waals surface area contributed by atoms with Gasteiger partial charge in [0, 0.05) is 12.3 Å². The van der Waals surface area contributed by atoms with Crippen molar-refractivity contribution in [2.45, 2.75) is 0 Å². The summed E-state index contributed by atoms with van der Waals surface area (Å²) >= 11 is 5.36. The summed E-state index contributed by atoms with van der Waals surface area (Å²) in [7, 11) is 0. The Balaban J connectivity index is 3.15. The molecule has 1 radical (unpaired) electrons. The van der Waals surface area contributed by atoms with Crippen LogP contribution >= 0.6 is 11.6 Å². The molecule has 4 nitrogen and oxygen atoms in total. The Morgan fingerprint density at radius 2 is 2.50 bits per heavy atom. The Kier molecular flexibility index (Phi) is 1.82. The molecule has 1 aromatic heterocycles. The topological polar surface area (TPSA) is 56.0 Å². The minimum Gasteiger partial charge on any atom is -0.258 e. The Labute approximate surface area is 61.6 Å². The van der Waals surface area contributed by atoms with Crippen LogP contribution in [0.3, 0.4) is 0 Å². The summed E-state index contributed by atoms with van der Waals surface area (Å²) in [6.45, 7) is 0. The van der Waals surface area contributed by atoms with Crippen LogP contribution in [0.2, 0.25) is 5.02 Å². The van der Waals surface area contributed by atoms with Crippen molar-refractivity contribution in [2.24, 2.45) is 0 Å². The molecule has 0 saturated carbocycles. The predicted octanol–water partition coefficient (Wildman–Crippen LogP) is 1.44. The summed E-state index contributed by atoms with van der Waals surface area (Å²) in [5.41, 5.74) is -0.170. The molecule has 0 aromatic carbocycles. The Bertz CT molecular complexity index is 264. The van der Waals surface area contributed by atoms with Crippen LogP contribution in [0.1, 0.15) is 0 Å². The molecule has 0 saturated heterocycles. The van der Waals surface area contributed by atoms with Crippen LogP contribution in [0.15, 0.2) is 12.3 Å². The number of hydrogen-bond acceptors (Lipinski definition) is 3. The third-order valence-corrected chi connectivity index (χ3v) is 1.17. The molecule has 0 N–H and O–H groups in total. The number of hydrogen-bond donors (Lipinski definition) is 0. The standard InChI is InChI=1S/C5H2ClN2O2/c6-4-3-7-2-1-5(4)8(9)10/h1-2H. The van der Waals surface area contributed by atoms with E-state index in [9.17, 15) is 10.1 Å². The van der Waals surface area contributed by atoms with Crippen molar-refractivity contribution in [3.8, 4) is 0 Å². The van der Waals surface area contributed by atoms with Gasteiger partial charge in [-0.15, -0.1) is 0 Å². The van der Waals surface area contributed by atoms with E-state index in [-0.39, 0.29) is 10.7 Å². The summed E-state index contributed by atoms with van der Waals surface area (Å²) in [6, 6.07) is 1.22. The number of pyridine rings is 1. The first-order valence-corrected chi connectivity index (χ1v) is 2.76. The molecule has 0 aliphatic carbocycles. The smallest absolute Gasteiger partial charge is 0.258 e. The Morgan fingerprint density at radius 1 is 1.80 bits per heavy atom. The average molecular weight is 158 g/mol. The maximum atomic E-state index is 10.1. The van der Waals surface area contributed by atoms with Crippen molar-refractivity contribution >= 4 is 17.3 Å². The monoisotopic (exact) mass is 157 g/mol. The average Bonchev–Trinajstić information content (AvgIpc) is 1.88. The molecule has 0 atom stereocenters. The van der Waals surface area contributed by atoms with Crippen molar-refractivity contribution < 1.29 is 4.92 Å². The van der Waals surface area contributed by atoms with E-state index in [1.165, 1.54) is 12.3 Å². The number of nitro groups is 1. The number of halogens is 1. The van der Waals surface area contributed by atoms with Crippen molar-refractivity contribution in [3.63, 3.8) is 0 Å². The SMILES string of the molecule is O=[N+]([O-])c1ccn[c]c1Cl. The molecule has 1 rings (SSSR count). The first-order chi connectivity index (χ1) is 4.72. The maximum Gasteiger partial charge on any atom is 0.291 e. The minimum atomic E-state index is -0.583. The highest BCUT2D eigenvalue weighted by molar-refractivity contribution is 6.32. The van der Waals surface area contributed by atoms with Gasteiger partial charge in [0.15, 0.2) is 0 Å². The van der Waals surface area contributed by atoms with Gasteiger partial charge in [0.25, 0.3) is 5.69 Å². The van der Waals surface area contributed by atoms with Crippen molar-refractivity contribution in [3.05, 3.63) is 33.6 Å². The second kappa shape index (κ2) is 2.62. The normalized spacial score (nSPS) is 9.30. The fraction of sp³-hybridized carbons (Fsp3) is 0. The molecule has 1 heterocycles. The van der Waals surface area contributed by atoms with Crippen LogP contribution in [0.4, 0.5) is 5.69 Å². The van der Waals surface area contributed by atoms with E-state index in [0.717, 1.165) is 0 Å². The lowest BCUT2D eigenvalue weighted by molar-refractivity contribution is -0.384. The molecule has 0 aliphatic rings. The van der Waals surface area contributed by atoms with E-state index < -0.39 is 4.92 Å². The second-order valence-corrected chi connectivity index (χ2v) is 1.89. The van der Waals surface area contributed by atoms with Crippen LogP contribution in [-0.4, -0.2) is 9.91 Å². The van der Waals surface area contributed by atoms with Crippen LogP contribution in [0, 0.1) is 16.3 Å². The van der Waals surface area contributed by atoms with E-state index in [1.54, 1.807) is 0 Å². The molecule has 1 aromatic rings. The van der Waals surface area contributed by atoms with E-state index in [2.05, 4.69) is 11.2 Å². The molecular weight excluding hydrogens is 156 g/mol. The van der Waals surface area contributed by atoms with Crippen molar-refractivity contribution in [1.82, 2.24) is 4.98 Å². The van der Waals surface area contributed by atoms with Gasteiger partial charge in [0.05, 0.1) is 4.92 Å². The van der Waals surface area contributed by atoms with Gasteiger partial charge in [0.1, 0.15) is 11.2 Å². The molecule has 0 spiro atoms. The number of rotatable bonds is 1. The lowest BCUT2D eigenvalue weighted by Gasteiger charge is -1.89. The second-order valence-electron chi connectivity index (χ2n) is 1.51. The fourth-order valence-electron chi connectivity index (χ4n) is 0.473. The summed E-state index contributed by atoms with van der Waals surface area (Å²) in [5, 5.41) is 10.0. The molecule has 0 fully saturated rings. The van der Waals surface area contributed by atoms with E-state index in [0.29, 0.717) is 0 Å². The molecule has 0 aliphatic heterocycles. The summed E-state index contributed by atoms with van der Waals surface area (Å²) in [6.07, 6.45) is 3.52. The first kappa shape index (κ1) is 6.95. The molecular formula is C5H2ClN2O2. The zero-order valence-electron chi connectivity index (χ0n) is 4.74. The molecule has 5 heteroatoms. The summed E-state index contributed by atoms with van der Waals surface area (Å²) in [4.78, 5) is 13.0. The van der Waals surface area contributed by atoms with E-state index in [1.807, 2.05) is 0 Å². The molecule has 0 unspecified atom stereocenters. The van der Waals surface area contributed by atoms with Gasteiger partial charge in [-0.2, -0.15) is 0 Å². The van der Waals surface area contributed by atoms with E-state index in [4.69, 9.17) is 11.6 Å². The summed E-state index contributed by atoms with van der Waals surface area (Å²) < 4.78 is 0. The first-order valence-electron chi connectivity index (χ1n) is 2.38. The fourth-order valence-corrected chi connectivity index (χ4v) is 0.654. The third-order valence-electron chi connectivity index (χ3n) is 0.891. The molecule has 51 valence electrons. The largest absolute Gasteiger partial charge is 0.291 e. The van der Waals surface area contributed by atoms with Crippen LogP contribution in [0.25, 0.3) is 0 Å². The third kappa shape index (κ3) is 1.22. The van der Waals surface area contributed by atoms with Crippen LogP contribution < -0.4 is 0 Å². The highest BCUT2D eigenvalue weighted by Crippen LogP contribution is 2.20. The van der Waals surface area contributed by atoms with Gasteiger partial charge in [-0.25, -0.2) is 0 Å². The lowest BCUT2D eigenvalue weighted by Crippen LogP contribution is -1.88. The van der Waals surface area contributed by atoms with Crippen LogP contribution in [-0.2, 0) is 0 Å². The van der Waals surface area contributed by atoms with Crippen molar-refractivity contribution in [1.29, 1.82) is 0 Å². The van der Waals surface area contributed by atoms with Gasteiger partial charge in [-0.05, 0) is 0 Å². The highest BCUT2D eigenvalue weighted by atomic mass is 35.5. The van der Waals surface area contributed by atoms with Gasteiger partial charge in [0.2, 0.25) is 0 Å². The lowest BCUT2D eigenvalue weighted by atomic mass is 10.4. The van der Waals surface area contributed by atoms with Gasteiger partial charge < -0.3 is 0 Å². The predicted molar refractivity (Wildman–Crippen MR) is 34.7 cm³/mol.